The van der Waals surface area contributed by atoms with Gasteiger partial charge in [-0.3, -0.25) is 9.59 Å². The minimum absolute atomic E-state index is 0.135. The molecular formula is C18H16N2O2S. The number of hydrogen-bond acceptors (Lipinski definition) is 3. The van der Waals surface area contributed by atoms with Crippen LogP contribution in [0.1, 0.15) is 22.2 Å². The van der Waals surface area contributed by atoms with Crippen LogP contribution in [0.25, 0.3) is 10.1 Å². The monoisotopic (exact) mass is 324 g/mol. The first-order chi connectivity index (χ1) is 11.0. The molecule has 2 N–H and O–H groups in total. The lowest BCUT2D eigenvalue weighted by Crippen LogP contribution is -2.12. The second kappa shape index (κ2) is 6.22. The van der Waals surface area contributed by atoms with Crippen LogP contribution in [-0.2, 0) is 4.79 Å². The van der Waals surface area contributed by atoms with E-state index in [9.17, 15) is 9.59 Å². The number of nitrogens with one attached hydrogen (secondary N) is 2. The molecule has 0 fully saturated rings. The van der Waals surface area contributed by atoms with E-state index in [1.165, 1.54) is 18.3 Å². The number of fused-ring (bicyclic) bond motifs is 1. The topological polar surface area (TPSA) is 58.2 Å². The number of benzene rings is 2. The second-order valence-corrected chi connectivity index (χ2v) is 6.32. The van der Waals surface area contributed by atoms with Crippen molar-refractivity contribution in [1.82, 2.24) is 0 Å². The molecule has 0 bridgehead atoms. The van der Waals surface area contributed by atoms with Crippen LogP contribution >= 0.6 is 11.3 Å². The number of carbonyl (C=O) groups excluding carboxylic acids is 2. The highest BCUT2D eigenvalue weighted by atomic mass is 32.1. The van der Waals surface area contributed by atoms with Crippen molar-refractivity contribution >= 4 is 44.6 Å². The van der Waals surface area contributed by atoms with E-state index >= 15 is 0 Å². The summed E-state index contributed by atoms with van der Waals surface area (Å²) in [6.45, 7) is 3.41. The van der Waals surface area contributed by atoms with Gasteiger partial charge in [0, 0.05) is 23.0 Å². The normalized spacial score (nSPS) is 10.5. The first-order valence-electron chi connectivity index (χ1n) is 7.22. The molecule has 0 unspecified atom stereocenters. The highest BCUT2D eigenvalue weighted by Crippen LogP contribution is 2.31. The van der Waals surface area contributed by atoms with Gasteiger partial charge in [0.25, 0.3) is 5.91 Å². The minimum atomic E-state index is -0.145. The third-order valence-corrected chi connectivity index (χ3v) is 4.76. The van der Waals surface area contributed by atoms with E-state index in [4.69, 9.17) is 0 Å². The fraction of sp³-hybridized carbons (Fsp3) is 0.111. The van der Waals surface area contributed by atoms with Crippen molar-refractivity contribution in [3.63, 3.8) is 0 Å². The minimum Gasteiger partial charge on any atom is -0.326 e. The van der Waals surface area contributed by atoms with Gasteiger partial charge < -0.3 is 10.6 Å². The molecule has 0 spiro atoms. The van der Waals surface area contributed by atoms with Crippen LogP contribution in [0.2, 0.25) is 0 Å². The van der Waals surface area contributed by atoms with Crippen LogP contribution in [0.15, 0.2) is 48.5 Å². The smallest absolute Gasteiger partial charge is 0.266 e. The third kappa shape index (κ3) is 3.24. The Labute approximate surface area is 138 Å². The molecule has 0 aliphatic carbocycles. The number of thiophene rings is 1. The van der Waals surface area contributed by atoms with E-state index in [1.54, 1.807) is 24.3 Å². The maximum atomic E-state index is 12.6. The van der Waals surface area contributed by atoms with Crippen molar-refractivity contribution in [1.29, 1.82) is 0 Å². The SMILES string of the molecule is CC(=O)Nc1cccc(NC(=O)c2sc3ccccc3c2C)c1. The number of hydrogen-bond donors (Lipinski definition) is 2. The van der Waals surface area contributed by atoms with E-state index < -0.39 is 0 Å². The lowest BCUT2D eigenvalue weighted by atomic mass is 10.1. The summed E-state index contributed by atoms with van der Waals surface area (Å²) in [5.74, 6) is -0.280. The predicted octanol–water partition coefficient (Wildman–Crippen LogP) is 4.42. The average molecular weight is 324 g/mol. The number of rotatable bonds is 3. The molecule has 0 aliphatic rings. The molecule has 1 heterocycles. The fourth-order valence-corrected chi connectivity index (χ4v) is 3.56. The quantitative estimate of drug-likeness (QED) is 0.749. The van der Waals surface area contributed by atoms with Crippen LogP contribution in [0.5, 0.6) is 0 Å². The number of carbonyl (C=O) groups is 2. The van der Waals surface area contributed by atoms with Gasteiger partial charge in [-0.05, 0) is 42.1 Å². The van der Waals surface area contributed by atoms with Gasteiger partial charge in [-0.1, -0.05) is 24.3 Å². The molecule has 116 valence electrons. The molecule has 0 saturated heterocycles. The van der Waals surface area contributed by atoms with E-state index in [1.807, 2.05) is 31.2 Å². The van der Waals surface area contributed by atoms with Crippen molar-refractivity contribution in [2.75, 3.05) is 10.6 Å². The zero-order valence-corrected chi connectivity index (χ0v) is 13.7. The van der Waals surface area contributed by atoms with Crippen LogP contribution in [0, 0.1) is 6.92 Å². The van der Waals surface area contributed by atoms with Gasteiger partial charge in [0.2, 0.25) is 5.91 Å². The Morgan fingerprint density at radius 3 is 2.35 bits per heavy atom. The Kier molecular flexibility index (Phi) is 4.12. The summed E-state index contributed by atoms with van der Waals surface area (Å²) in [4.78, 5) is 24.4. The van der Waals surface area contributed by atoms with E-state index in [0.717, 1.165) is 15.6 Å². The number of amides is 2. The van der Waals surface area contributed by atoms with Crippen LogP contribution in [0.4, 0.5) is 11.4 Å². The van der Waals surface area contributed by atoms with Gasteiger partial charge in [-0.25, -0.2) is 0 Å². The average Bonchev–Trinajstić information content (AvgIpc) is 2.85. The van der Waals surface area contributed by atoms with Crippen molar-refractivity contribution < 1.29 is 9.59 Å². The lowest BCUT2D eigenvalue weighted by Gasteiger charge is -2.07. The molecule has 3 rings (SSSR count). The Morgan fingerprint density at radius 2 is 1.65 bits per heavy atom. The molecule has 0 aliphatic heterocycles. The second-order valence-electron chi connectivity index (χ2n) is 5.27. The van der Waals surface area contributed by atoms with Crippen molar-refractivity contribution in [3.05, 3.63) is 59.0 Å². The number of aryl methyl sites for hydroxylation is 1. The largest absolute Gasteiger partial charge is 0.326 e. The molecule has 4 nitrogen and oxygen atoms in total. The Hall–Kier alpha value is -2.66. The summed E-state index contributed by atoms with van der Waals surface area (Å²) in [6.07, 6.45) is 0. The predicted molar refractivity (Wildman–Crippen MR) is 95.3 cm³/mol. The summed E-state index contributed by atoms with van der Waals surface area (Å²) in [6, 6.07) is 15.1. The van der Waals surface area contributed by atoms with Crippen molar-refractivity contribution in [2.45, 2.75) is 13.8 Å². The molecule has 1 aromatic heterocycles. The van der Waals surface area contributed by atoms with Gasteiger partial charge in [0.05, 0.1) is 4.88 Å². The van der Waals surface area contributed by atoms with E-state index in [2.05, 4.69) is 10.6 Å². The molecule has 0 atom stereocenters. The van der Waals surface area contributed by atoms with Gasteiger partial charge in [-0.2, -0.15) is 0 Å². The third-order valence-electron chi connectivity index (χ3n) is 3.49. The van der Waals surface area contributed by atoms with Crippen LogP contribution in [-0.4, -0.2) is 11.8 Å². The van der Waals surface area contributed by atoms with Crippen LogP contribution in [0.3, 0.4) is 0 Å². The molecule has 0 radical (unpaired) electrons. The first kappa shape index (κ1) is 15.2. The summed E-state index contributed by atoms with van der Waals surface area (Å²) >= 11 is 1.48. The maximum Gasteiger partial charge on any atom is 0.266 e. The van der Waals surface area contributed by atoms with E-state index in [-0.39, 0.29) is 11.8 Å². The first-order valence-corrected chi connectivity index (χ1v) is 8.03. The molecule has 23 heavy (non-hydrogen) atoms. The summed E-state index contributed by atoms with van der Waals surface area (Å²) in [5, 5.41) is 6.70. The Morgan fingerprint density at radius 1 is 0.957 bits per heavy atom. The highest BCUT2D eigenvalue weighted by molar-refractivity contribution is 7.21. The highest BCUT2D eigenvalue weighted by Gasteiger charge is 2.15. The zero-order valence-electron chi connectivity index (χ0n) is 12.8. The molecule has 5 heteroatoms. The molecule has 3 aromatic rings. The summed E-state index contributed by atoms with van der Waals surface area (Å²) in [7, 11) is 0. The summed E-state index contributed by atoms with van der Waals surface area (Å²) in [5.41, 5.74) is 2.29. The standard InChI is InChI=1S/C18H16N2O2S/c1-11-15-8-3-4-9-16(15)23-17(11)18(22)20-14-7-5-6-13(10-14)19-12(2)21/h3-10H,1-2H3,(H,19,21)(H,20,22). The molecule has 2 amide bonds. The van der Waals surface area contributed by atoms with Crippen molar-refractivity contribution in [3.8, 4) is 0 Å². The summed E-state index contributed by atoms with van der Waals surface area (Å²) < 4.78 is 1.10. The van der Waals surface area contributed by atoms with Gasteiger partial charge in [0.15, 0.2) is 0 Å². The molecule has 0 saturated carbocycles. The van der Waals surface area contributed by atoms with E-state index in [0.29, 0.717) is 16.3 Å². The van der Waals surface area contributed by atoms with Gasteiger partial charge in [0.1, 0.15) is 0 Å². The lowest BCUT2D eigenvalue weighted by molar-refractivity contribution is -0.114. The Balaban J connectivity index is 1.86. The fourth-order valence-electron chi connectivity index (χ4n) is 2.46. The Bertz CT molecular complexity index is 899. The van der Waals surface area contributed by atoms with Gasteiger partial charge >= 0.3 is 0 Å². The van der Waals surface area contributed by atoms with Crippen molar-refractivity contribution in [2.24, 2.45) is 0 Å². The zero-order chi connectivity index (χ0) is 16.4. The maximum absolute atomic E-state index is 12.6. The molecular weight excluding hydrogens is 308 g/mol. The molecule has 2 aromatic carbocycles. The van der Waals surface area contributed by atoms with Gasteiger partial charge in [-0.15, -0.1) is 11.3 Å². The van der Waals surface area contributed by atoms with Crippen LogP contribution < -0.4 is 10.6 Å². The number of anilines is 2.